The van der Waals surface area contributed by atoms with Gasteiger partial charge in [0.2, 0.25) is 0 Å². The van der Waals surface area contributed by atoms with Crippen molar-refractivity contribution < 1.29 is 22.7 Å². The lowest BCUT2D eigenvalue weighted by molar-refractivity contribution is -0.143. The summed E-state index contributed by atoms with van der Waals surface area (Å²) in [6.45, 7) is 0.771. The fourth-order valence-corrected chi connectivity index (χ4v) is 1.81. The number of alkyl halides is 3. The third kappa shape index (κ3) is 6.10. The van der Waals surface area contributed by atoms with Crippen molar-refractivity contribution in [2.75, 3.05) is 6.61 Å². The van der Waals surface area contributed by atoms with E-state index in [2.05, 4.69) is 0 Å². The maximum atomic E-state index is 11.8. The molecule has 5 heteroatoms. The highest BCUT2D eigenvalue weighted by Gasteiger charge is 2.27. The number of hydrogen-bond donors (Lipinski definition) is 0. The molecule has 0 radical (unpaired) electrons. The van der Waals surface area contributed by atoms with Crippen LogP contribution in [0, 0.1) is 0 Å². The summed E-state index contributed by atoms with van der Waals surface area (Å²) >= 11 is 0. The summed E-state index contributed by atoms with van der Waals surface area (Å²) in [7, 11) is 0. The van der Waals surface area contributed by atoms with Crippen molar-refractivity contribution in [2.45, 2.75) is 57.2 Å². The minimum atomic E-state index is -4.22. The Bertz CT molecular complexity index is 220. The van der Waals surface area contributed by atoms with Crippen LogP contribution in [0.15, 0.2) is 0 Å². The van der Waals surface area contributed by atoms with Crippen LogP contribution in [0.1, 0.15) is 44.9 Å². The van der Waals surface area contributed by atoms with Crippen molar-refractivity contribution in [3.63, 3.8) is 0 Å². The van der Waals surface area contributed by atoms with Crippen molar-refractivity contribution in [2.24, 2.45) is 0 Å². The standard InChI is InChI=1S/C11H17F3O2/c12-11(13,14)7-6-9(15)3-1-4-10-5-2-8-16-10/h10H,1-8H2. The van der Waals surface area contributed by atoms with E-state index in [-0.39, 0.29) is 24.7 Å². The van der Waals surface area contributed by atoms with Crippen LogP contribution < -0.4 is 0 Å². The smallest absolute Gasteiger partial charge is 0.378 e. The molecular weight excluding hydrogens is 221 g/mol. The van der Waals surface area contributed by atoms with Crippen molar-refractivity contribution in [3.8, 4) is 0 Å². The first-order chi connectivity index (χ1) is 7.47. The number of carbonyl (C=O) groups excluding carboxylic acids is 1. The molecule has 1 heterocycles. The van der Waals surface area contributed by atoms with Gasteiger partial charge in [0.05, 0.1) is 12.5 Å². The first kappa shape index (κ1) is 13.5. The van der Waals surface area contributed by atoms with Crippen LogP contribution in [0.2, 0.25) is 0 Å². The van der Waals surface area contributed by atoms with Crippen LogP contribution >= 0.6 is 0 Å². The van der Waals surface area contributed by atoms with Crippen LogP contribution in [0.4, 0.5) is 13.2 Å². The number of rotatable bonds is 6. The molecule has 0 aromatic heterocycles. The first-order valence-corrected chi connectivity index (χ1v) is 5.67. The Morgan fingerprint density at radius 3 is 2.62 bits per heavy atom. The molecule has 0 amide bonds. The molecule has 1 saturated heterocycles. The highest BCUT2D eigenvalue weighted by Crippen LogP contribution is 2.22. The average Bonchev–Trinajstić information content (AvgIpc) is 2.66. The molecule has 0 bridgehead atoms. The number of ether oxygens (including phenoxy) is 1. The summed E-state index contributed by atoms with van der Waals surface area (Å²) in [4.78, 5) is 11.1. The molecule has 1 atom stereocenters. The average molecular weight is 238 g/mol. The summed E-state index contributed by atoms with van der Waals surface area (Å²) in [5.74, 6) is -0.296. The summed E-state index contributed by atoms with van der Waals surface area (Å²) in [5.41, 5.74) is 0. The second-order valence-corrected chi connectivity index (χ2v) is 4.18. The minimum Gasteiger partial charge on any atom is -0.378 e. The molecule has 0 aromatic rings. The predicted molar refractivity (Wildman–Crippen MR) is 53.1 cm³/mol. The zero-order valence-electron chi connectivity index (χ0n) is 9.18. The molecule has 0 N–H and O–H groups in total. The Balaban J connectivity index is 2.01. The second-order valence-electron chi connectivity index (χ2n) is 4.18. The van der Waals surface area contributed by atoms with E-state index in [1.54, 1.807) is 0 Å². The highest BCUT2D eigenvalue weighted by molar-refractivity contribution is 5.78. The van der Waals surface area contributed by atoms with Gasteiger partial charge in [-0.25, -0.2) is 0 Å². The number of ketones is 1. The normalized spacial score (nSPS) is 21.3. The van der Waals surface area contributed by atoms with E-state index in [1.807, 2.05) is 0 Å². The maximum Gasteiger partial charge on any atom is 0.389 e. The molecule has 0 spiro atoms. The zero-order valence-corrected chi connectivity index (χ0v) is 9.18. The SMILES string of the molecule is O=C(CCCC1CCCO1)CCC(F)(F)F. The maximum absolute atomic E-state index is 11.8. The van der Waals surface area contributed by atoms with E-state index >= 15 is 0 Å². The lowest BCUT2D eigenvalue weighted by Crippen LogP contribution is -2.11. The van der Waals surface area contributed by atoms with Gasteiger partial charge in [-0.1, -0.05) is 0 Å². The van der Waals surface area contributed by atoms with Crippen molar-refractivity contribution in [1.82, 2.24) is 0 Å². The van der Waals surface area contributed by atoms with Gasteiger partial charge in [0, 0.05) is 19.4 Å². The Morgan fingerprint density at radius 2 is 2.06 bits per heavy atom. The van der Waals surface area contributed by atoms with Crippen molar-refractivity contribution in [3.05, 3.63) is 0 Å². The van der Waals surface area contributed by atoms with E-state index in [1.165, 1.54) is 0 Å². The summed E-state index contributed by atoms with van der Waals surface area (Å²) in [5, 5.41) is 0. The van der Waals surface area contributed by atoms with Gasteiger partial charge in [-0.05, 0) is 25.7 Å². The molecule has 94 valence electrons. The van der Waals surface area contributed by atoms with Gasteiger partial charge in [-0.3, -0.25) is 4.79 Å². The Hall–Kier alpha value is -0.580. The summed E-state index contributed by atoms with van der Waals surface area (Å²) < 4.78 is 40.8. The fraction of sp³-hybridized carbons (Fsp3) is 0.909. The van der Waals surface area contributed by atoms with Gasteiger partial charge in [0.25, 0.3) is 0 Å². The highest BCUT2D eigenvalue weighted by atomic mass is 19.4. The zero-order chi connectivity index (χ0) is 12.0. The Kier molecular flexibility index (Phi) is 5.25. The van der Waals surface area contributed by atoms with Gasteiger partial charge < -0.3 is 4.74 Å². The van der Waals surface area contributed by atoms with Gasteiger partial charge in [0.1, 0.15) is 5.78 Å². The number of Topliss-reactive ketones (excluding diaryl/α,β-unsaturated/α-hetero) is 1. The molecule has 1 unspecified atom stereocenters. The third-order valence-electron chi connectivity index (χ3n) is 2.69. The van der Waals surface area contributed by atoms with Crippen LogP contribution in [0.3, 0.4) is 0 Å². The van der Waals surface area contributed by atoms with Gasteiger partial charge in [-0.15, -0.1) is 0 Å². The number of hydrogen-bond acceptors (Lipinski definition) is 2. The van der Waals surface area contributed by atoms with Gasteiger partial charge in [-0.2, -0.15) is 13.2 Å². The summed E-state index contributed by atoms with van der Waals surface area (Å²) in [6.07, 6.45) is -1.64. The van der Waals surface area contributed by atoms with Crippen LogP contribution in [-0.2, 0) is 9.53 Å². The van der Waals surface area contributed by atoms with E-state index in [9.17, 15) is 18.0 Å². The molecule has 1 aliphatic heterocycles. The van der Waals surface area contributed by atoms with E-state index in [0.29, 0.717) is 6.42 Å². The molecule has 2 nitrogen and oxygen atoms in total. The lowest BCUT2D eigenvalue weighted by Gasteiger charge is -2.08. The Morgan fingerprint density at radius 1 is 1.31 bits per heavy atom. The first-order valence-electron chi connectivity index (χ1n) is 5.67. The molecule has 0 aliphatic carbocycles. The predicted octanol–water partition coefficient (Wildman–Crippen LogP) is 3.25. The quantitative estimate of drug-likeness (QED) is 0.710. The van der Waals surface area contributed by atoms with Crippen LogP contribution in [0.25, 0.3) is 0 Å². The second kappa shape index (κ2) is 6.23. The molecule has 0 aromatic carbocycles. The van der Waals surface area contributed by atoms with Crippen molar-refractivity contribution in [1.29, 1.82) is 0 Å². The molecule has 16 heavy (non-hydrogen) atoms. The topological polar surface area (TPSA) is 26.3 Å². The molecule has 1 rings (SSSR count). The monoisotopic (exact) mass is 238 g/mol. The lowest BCUT2D eigenvalue weighted by atomic mass is 10.1. The van der Waals surface area contributed by atoms with Crippen molar-refractivity contribution >= 4 is 5.78 Å². The largest absolute Gasteiger partial charge is 0.389 e. The van der Waals surface area contributed by atoms with Crippen LogP contribution in [-0.4, -0.2) is 24.7 Å². The van der Waals surface area contributed by atoms with Gasteiger partial charge in [0.15, 0.2) is 0 Å². The van der Waals surface area contributed by atoms with Gasteiger partial charge >= 0.3 is 6.18 Å². The van der Waals surface area contributed by atoms with Crippen LogP contribution in [0.5, 0.6) is 0 Å². The number of carbonyl (C=O) groups is 1. The van der Waals surface area contributed by atoms with E-state index in [0.717, 1.165) is 25.9 Å². The van der Waals surface area contributed by atoms with E-state index < -0.39 is 12.6 Å². The minimum absolute atomic E-state index is 0.218. The summed E-state index contributed by atoms with van der Waals surface area (Å²) in [6, 6.07) is 0. The molecule has 1 fully saturated rings. The fourth-order valence-electron chi connectivity index (χ4n) is 1.81. The van der Waals surface area contributed by atoms with E-state index in [4.69, 9.17) is 4.74 Å². The molecule has 0 saturated carbocycles. The Labute approximate surface area is 93.2 Å². The molecule has 1 aliphatic rings. The molecular formula is C11H17F3O2. The number of halogens is 3. The third-order valence-corrected chi connectivity index (χ3v) is 2.69.